The summed E-state index contributed by atoms with van der Waals surface area (Å²) in [5, 5.41) is 21.3. The Morgan fingerprint density at radius 3 is 2.60 bits per heavy atom. The van der Waals surface area contributed by atoms with Crippen molar-refractivity contribution in [3.63, 3.8) is 0 Å². The van der Waals surface area contributed by atoms with E-state index < -0.39 is 41.4 Å². The van der Waals surface area contributed by atoms with Crippen molar-refractivity contribution in [1.29, 1.82) is 5.26 Å². The summed E-state index contributed by atoms with van der Waals surface area (Å²) in [6.45, 7) is 4.90. The van der Waals surface area contributed by atoms with E-state index in [1.54, 1.807) is 14.2 Å². The first-order chi connectivity index (χ1) is 22.6. The topological polar surface area (TPSA) is 149 Å². The molecule has 7 rings (SSSR count). The highest BCUT2D eigenvalue weighted by atomic mass is 32.2. The van der Waals surface area contributed by atoms with E-state index in [9.17, 15) is 20.0 Å². The summed E-state index contributed by atoms with van der Waals surface area (Å²) in [4.78, 5) is 29.9. The van der Waals surface area contributed by atoms with Gasteiger partial charge in [0.15, 0.2) is 35.9 Å². The molecule has 1 N–H and O–H groups in total. The van der Waals surface area contributed by atoms with E-state index in [4.69, 9.17) is 33.2 Å². The third-order valence-electron chi connectivity index (χ3n) is 9.94. The first-order valence-electron chi connectivity index (χ1n) is 15.4. The van der Waals surface area contributed by atoms with Gasteiger partial charge in [-0.05, 0) is 38.4 Å². The van der Waals surface area contributed by atoms with Gasteiger partial charge in [0.1, 0.15) is 18.4 Å². The largest absolute Gasteiger partial charge is 0.493 e. The maximum absolute atomic E-state index is 12.9. The molecule has 0 aromatic heterocycles. The predicted octanol–water partition coefficient (Wildman–Crippen LogP) is 2.87. The van der Waals surface area contributed by atoms with Crippen LogP contribution in [0.25, 0.3) is 0 Å². The number of hydrogen-bond donors (Lipinski definition) is 1. The number of benzene rings is 2. The van der Waals surface area contributed by atoms with Gasteiger partial charge in [0.25, 0.3) is 0 Å². The maximum atomic E-state index is 12.9. The van der Waals surface area contributed by atoms with Crippen molar-refractivity contribution in [3.05, 3.63) is 39.4 Å². The first-order valence-corrected chi connectivity index (χ1v) is 16.5. The first kappa shape index (κ1) is 31.8. The van der Waals surface area contributed by atoms with Crippen molar-refractivity contribution >= 4 is 23.7 Å². The molecule has 4 bridgehead atoms. The number of likely N-dealkylation sites (N-methyl/N-ethyl adjacent to an activating group) is 1. The van der Waals surface area contributed by atoms with Crippen LogP contribution in [0.5, 0.6) is 28.7 Å². The fourth-order valence-electron chi connectivity index (χ4n) is 8.20. The molecule has 250 valence electrons. The van der Waals surface area contributed by atoms with E-state index in [1.165, 1.54) is 18.7 Å². The quantitative estimate of drug-likeness (QED) is 0.283. The number of esters is 2. The van der Waals surface area contributed by atoms with Crippen LogP contribution >= 0.6 is 11.8 Å². The van der Waals surface area contributed by atoms with Gasteiger partial charge in [-0.25, -0.2) is 4.79 Å². The number of hydrogen-bond acceptors (Lipinski definition) is 14. The number of piperazine rings is 1. The van der Waals surface area contributed by atoms with Crippen molar-refractivity contribution in [2.24, 2.45) is 0 Å². The molecule has 5 aliphatic rings. The van der Waals surface area contributed by atoms with Gasteiger partial charge in [0, 0.05) is 54.1 Å². The van der Waals surface area contributed by atoms with Crippen LogP contribution in [-0.2, 0) is 25.5 Å². The zero-order valence-electron chi connectivity index (χ0n) is 27.0. The Morgan fingerprint density at radius 2 is 1.89 bits per heavy atom. The van der Waals surface area contributed by atoms with Gasteiger partial charge in [-0.2, -0.15) is 5.26 Å². The second-order valence-corrected chi connectivity index (χ2v) is 13.6. The lowest BCUT2D eigenvalue weighted by atomic mass is 9.71. The van der Waals surface area contributed by atoms with Crippen LogP contribution in [0, 0.1) is 25.2 Å². The lowest BCUT2D eigenvalue weighted by Crippen LogP contribution is -2.69. The van der Waals surface area contributed by atoms with Crippen molar-refractivity contribution in [3.8, 4) is 34.8 Å². The fourth-order valence-corrected chi connectivity index (χ4v) is 9.61. The number of aliphatic hydroxyl groups excluding tert-OH is 1. The van der Waals surface area contributed by atoms with Gasteiger partial charge in [-0.15, -0.1) is 11.8 Å². The van der Waals surface area contributed by atoms with Crippen LogP contribution in [0.1, 0.15) is 57.6 Å². The highest BCUT2D eigenvalue weighted by Crippen LogP contribution is 2.64. The van der Waals surface area contributed by atoms with Crippen LogP contribution in [0.2, 0.25) is 0 Å². The number of rotatable bonds is 5. The third kappa shape index (κ3) is 4.74. The highest BCUT2D eigenvalue weighted by molar-refractivity contribution is 7.99. The molecule has 5 aliphatic heterocycles. The number of aliphatic hydroxyl groups is 1. The number of carbonyl (C=O) groups is 2. The number of ether oxygens (including phenoxy) is 7. The molecule has 7 atom stereocenters. The average molecular weight is 668 g/mol. The van der Waals surface area contributed by atoms with E-state index >= 15 is 0 Å². The number of cyclic esters (lactones) is 1. The number of carbonyl (C=O) groups excluding carboxylic acids is 2. The summed E-state index contributed by atoms with van der Waals surface area (Å²) >= 11 is 1.35. The molecular weight excluding hydrogens is 630 g/mol. The van der Waals surface area contributed by atoms with Crippen LogP contribution in [0.3, 0.4) is 0 Å². The van der Waals surface area contributed by atoms with Gasteiger partial charge in [-0.3, -0.25) is 14.6 Å². The molecule has 2 fully saturated rings. The van der Waals surface area contributed by atoms with Gasteiger partial charge in [0.05, 0.1) is 30.5 Å². The van der Waals surface area contributed by atoms with Crippen molar-refractivity contribution in [2.45, 2.75) is 68.8 Å². The van der Waals surface area contributed by atoms with E-state index in [1.807, 2.05) is 20.9 Å². The molecule has 2 aromatic rings. The van der Waals surface area contributed by atoms with Gasteiger partial charge in [0.2, 0.25) is 6.79 Å². The summed E-state index contributed by atoms with van der Waals surface area (Å²) in [5.41, 5.74) is 4.78. The molecule has 47 heavy (non-hydrogen) atoms. The zero-order valence-corrected chi connectivity index (χ0v) is 27.8. The minimum absolute atomic E-state index is 0.000855. The summed E-state index contributed by atoms with van der Waals surface area (Å²) in [5.74, 6) is 1.15. The minimum atomic E-state index is -1.38. The highest BCUT2D eigenvalue weighted by Gasteiger charge is 2.60. The van der Waals surface area contributed by atoms with Crippen molar-refractivity contribution in [1.82, 2.24) is 9.80 Å². The molecule has 2 saturated heterocycles. The molecule has 1 unspecified atom stereocenters. The third-order valence-corrected chi connectivity index (χ3v) is 11.3. The summed E-state index contributed by atoms with van der Waals surface area (Å²) in [6, 6.07) is 2.30. The number of methoxy groups -OCH3 is 2. The van der Waals surface area contributed by atoms with E-state index in [-0.39, 0.29) is 38.0 Å². The van der Waals surface area contributed by atoms with Gasteiger partial charge < -0.3 is 38.3 Å². The Hall–Kier alpha value is -3.74. The monoisotopic (exact) mass is 667 g/mol. The molecule has 0 spiro atoms. The fraction of sp³-hybridized carbons (Fsp3) is 0.545. The standard InChI is InChI=1S/C33H37N3O10S/c1-14-7-17-8-18-19(9-34)36-20-10-42-33(39)21(38)11-47-32(24-23(20)31-29(44-13-45-31)15(2)28(24)46-16(3)37)26(36)25(35(18)4)22(17)30(27(14)41-6)43-12-40-5/h7,18-21,25-26,32,38H,8,10-13H2,1-6H3/t18-,19-,20+,21-,25+,26?,32+/m0/s1. The zero-order chi connectivity index (χ0) is 33.3. The van der Waals surface area contributed by atoms with Crippen LogP contribution in [0.4, 0.5) is 0 Å². The summed E-state index contributed by atoms with van der Waals surface area (Å²) < 4.78 is 41.3. The summed E-state index contributed by atoms with van der Waals surface area (Å²) in [6.07, 6.45) is -0.829. The number of aryl methyl sites for hydroxylation is 1. The normalized spacial score (nSPS) is 29.1. The van der Waals surface area contributed by atoms with Crippen molar-refractivity contribution in [2.75, 3.05) is 47.2 Å². The number of fused-ring (bicyclic) bond motifs is 9. The van der Waals surface area contributed by atoms with E-state index in [2.05, 4.69) is 21.9 Å². The Labute approximate surface area is 276 Å². The molecule has 0 saturated carbocycles. The molecule has 5 heterocycles. The molecule has 0 radical (unpaired) electrons. The number of nitriles is 1. The lowest BCUT2D eigenvalue weighted by Gasteiger charge is -2.61. The van der Waals surface area contributed by atoms with Gasteiger partial charge in [-0.1, -0.05) is 6.07 Å². The molecule has 0 aliphatic carbocycles. The average Bonchev–Trinajstić information content (AvgIpc) is 3.53. The Morgan fingerprint density at radius 1 is 1.13 bits per heavy atom. The minimum Gasteiger partial charge on any atom is -0.493 e. The molecular formula is C33H37N3O10S. The Bertz CT molecular complexity index is 1690. The number of nitrogens with zero attached hydrogens (tertiary/aromatic N) is 3. The maximum Gasteiger partial charge on any atom is 0.335 e. The second-order valence-electron chi connectivity index (χ2n) is 12.4. The van der Waals surface area contributed by atoms with E-state index in [0.29, 0.717) is 51.9 Å². The number of thioether (sulfide) groups is 1. The van der Waals surface area contributed by atoms with Crippen molar-refractivity contribution < 1.29 is 47.9 Å². The van der Waals surface area contributed by atoms with Crippen LogP contribution in [0.15, 0.2) is 6.07 Å². The molecule has 13 nitrogen and oxygen atoms in total. The van der Waals surface area contributed by atoms with Crippen LogP contribution in [-0.4, -0.2) is 98.3 Å². The SMILES string of the molecule is COCOc1c(OC)c(C)cc2c1[C@@H]1C3[C@@H]4SC[C@H](O)C(=O)OC[C@H](c5c6c(c(C)c(OC(C)=O)c54)OCO6)N3[C@@H](C#N)[C@H](C2)N1C. The Balaban J connectivity index is 1.56. The second kappa shape index (κ2) is 12.1. The molecule has 0 amide bonds. The Kier molecular flexibility index (Phi) is 8.16. The summed E-state index contributed by atoms with van der Waals surface area (Å²) in [7, 11) is 5.17. The smallest absolute Gasteiger partial charge is 0.335 e. The molecule has 14 heteroatoms. The molecule has 2 aromatic carbocycles. The lowest BCUT2D eigenvalue weighted by molar-refractivity contribution is -0.157. The van der Waals surface area contributed by atoms with E-state index in [0.717, 1.165) is 16.7 Å². The van der Waals surface area contributed by atoms with Gasteiger partial charge >= 0.3 is 11.9 Å². The van der Waals surface area contributed by atoms with Crippen LogP contribution < -0.4 is 23.7 Å². The predicted molar refractivity (Wildman–Crippen MR) is 167 cm³/mol.